The van der Waals surface area contributed by atoms with Crippen LogP contribution in [0.1, 0.15) is 18.1 Å². The maximum Gasteiger partial charge on any atom is 0.186 e. The summed E-state index contributed by atoms with van der Waals surface area (Å²) in [7, 11) is 0. The Bertz CT molecular complexity index is 1250. The highest BCUT2D eigenvalue weighted by Crippen LogP contribution is 2.37. The third-order valence-electron chi connectivity index (χ3n) is 4.90. The van der Waals surface area contributed by atoms with Crippen LogP contribution >= 0.6 is 0 Å². The van der Waals surface area contributed by atoms with Crippen LogP contribution < -0.4 is 0 Å². The number of carbonyl (C=O) groups is 1. The fraction of sp³-hybridized carbons (Fsp3) is 0.0741. The third-order valence-corrected chi connectivity index (χ3v) is 4.90. The Labute approximate surface area is 175 Å². The molecular formula is C27H22O3. The first-order valence-electron chi connectivity index (χ1n) is 9.94. The van der Waals surface area contributed by atoms with Crippen molar-refractivity contribution in [2.75, 3.05) is 6.61 Å². The molecule has 4 aromatic rings. The van der Waals surface area contributed by atoms with Gasteiger partial charge in [0, 0.05) is 23.0 Å². The monoisotopic (exact) mass is 394 g/mol. The number of furan rings is 1. The molecule has 2 aliphatic carbocycles. The zero-order valence-electron chi connectivity index (χ0n) is 16.7. The van der Waals surface area contributed by atoms with Gasteiger partial charge in [0.15, 0.2) is 5.78 Å². The fourth-order valence-corrected chi connectivity index (χ4v) is 3.63. The molecular weight excluding hydrogens is 372 g/mol. The highest BCUT2D eigenvalue weighted by Gasteiger charge is 2.23. The number of rotatable bonds is 0. The number of aliphatic hydroxyl groups is 1. The Morgan fingerprint density at radius 2 is 1.37 bits per heavy atom. The normalized spacial score (nSPS) is 13.5. The number of benzene rings is 3. The molecule has 1 N–H and O–H groups in total. The van der Waals surface area contributed by atoms with E-state index in [0.29, 0.717) is 0 Å². The molecule has 0 saturated heterocycles. The van der Waals surface area contributed by atoms with Crippen LogP contribution in [0.4, 0.5) is 0 Å². The number of carbonyl (C=O) groups excluding carboxylic acids is 1. The molecule has 1 heterocycles. The van der Waals surface area contributed by atoms with E-state index in [2.05, 4.69) is 18.2 Å². The standard InChI is InChI=1S/C13H8O.C12H8O.C2H6O/c14-13-7-3-6-11-10-5-2-1-4-9(10)8-12(11)13;1-3-7-11-9(5-1)10-6-2-4-8-12(10)13-11;1-2-3/h1-8H;1-8H;3H,2H2,1H3. The average Bonchev–Trinajstić information content (AvgIpc) is 3.34. The molecule has 0 saturated carbocycles. The van der Waals surface area contributed by atoms with Crippen LogP contribution in [0.3, 0.4) is 0 Å². The first kappa shape index (κ1) is 19.6. The summed E-state index contributed by atoms with van der Waals surface area (Å²) in [6.07, 6.45) is 7.39. The van der Waals surface area contributed by atoms with Gasteiger partial charge in [-0.1, -0.05) is 72.8 Å². The number of allylic oxidation sites excluding steroid dienone is 5. The van der Waals surface area contributed by atoms with Gasteiger partial charge in [0.2, 0.25) is 0 Å². The molecule has 30 heavy (non-hydrogen) atoms. The van der Waals surface area contributed by atoms with E-state index in [9.17, 15) is 4.79 Å². The zero-order chi connectivity index (χ0) is 20.9. The fourth-order valence-electron chi connectivity index (χ4n) is 3.63. The number of hydrogen-bond acceptors (Lipinski definition) is 3. The van der Waals surface area contributed by atoms with E-state index in [0.717, 1.165) is 27.9 Å². The number of hydrogen-bond donors (Lipinski definition) is 1. The summed E-state index contributed by atoms with van der Waals surface area (Å²) in [5.74, 6) is 0.110. The zero-order valence-corrected chi connectivity index (χ0v) is 16.7. The third kappa shape index (κ3) is 3.76. The van der Waals surface area contributed by atoms with E-state index >= 15 is 0 Å². The molecule has 3 heteroatoms. The quantitative estimate of drug-likeness (QED) is 0.387. The summed E-state index contributed by atoms with van der Waals surface area (Å²) in [5.41, 5.74) is 6.13. The lowest BCUT2D eigenvalue weighted by atomic mass is 9.96. The van der Waals surface area contributed by atoms with E-state index in [1.165, 1.54) is 16.3 Å². The van der Waals surface area contributed by atoms with Crippen LogP contribution in [-0.2, 0) is 4.79 Å². The molecule has 0 unspecified atom stereocenters. The van der Waals surface area contributed by atoms with Crippen LogP contribution in [0, 0.1) is 0 Å². The molecule has 1 aromatic heterocycles. The Kier molecular flexibility index (Phi) is 5.73. The molecule has 0 bridgehead atoms. The van der Waals surface area contributed by atoms with Crippen LogP contribution in [0.25, 0.3) is 33.6 Å². The Morgan fingerprint density at radius 3 is 2.03 bits per heavy atom. The van der Waals surface area contributed by atoms with Crippen molar-refractivity contribution in [2.24, 2.45) is 0 Å². The lowest BCUT2D eigenvalue weighted by molar-refractivity contribution is -0.110. The van der Waals surface area contributed by atoms with Crippen LogP contribution in [0.2, 0.25) is 0 Å². The van der Waals surface area contributed by atoms with Gasteiger partial charge >= 0.3 is 0 Å². The molecule has 0 radical (unpaired) electrons. The van der Waals surface area contributed by atoms with Gasteiger partial charge in [-0.15, -0.1) is 0 Å². The minimum atomic E-state index is 0.110. The van der Waals surface area contributed by atoms with Crippen molar-refractivity contribution in [3.63, 3.8) is 0 Å². The van der Waals surface area contributed by atoms with Crippen LogP contribution in [0.5, 0.6) is 0 Å². The highest BCUT2D eigenvalue weighted by atomic mass is 16.3. The van der Waals surface area contributed by atoms with Gasteiger partial charge in [-0.2, -0.15) is 0 Å². The smallest absolute Gasteiger partial charge is 0.186 e. The van der Waals surface area contributed by atoms with Gasteiger partial charge in [-0.3, -0.25) is 4.79 Å². The van der Waals surface area contributed by atoms with Crippen molar-refractivity contribution in [2.45, 2.75) is 6.92 Å². The van der Waals surface area contributed by atoms with Crippen molar-refractivity contribution in [3.8, 4) is 0 Å². The number of para-hydroxylation sites is 2. The van der Waals surface area contributed by atoms with E-state index in [4.69, 9.17) is 9.52 Å². The lowest BCUT2D eigenvalue weighted by Gasteiger charge is -2.06. The van der Waals surface area contributed by atoms with Crippen molar-refractivity contribution in [3.05, 3.63) is 108 Å². The number of aliphatic hydroxyl groups excluding tert-OH is 1. The molecule has 3 aromatic carbocycles. The van der Waals surface area contributed by atoms with Crippen LogP contribution in [-0.4, -0.2) is 17.5 Å². The van der Waals surface area contributed by atoms with E-state index in [1.807, 2.05) is 72.8 Å². The van der Waals surface area contributed by atoms with Gasteiger partial charge in [0.25, 0.3) is 0 Å². The van der Waals surface area contributed by atoms with Crippen LogP contribution in [0.15, 0.2) is 101 Å². The summed E-state index contributed by atoms with van der Waals surface area (Å²) < 4.78 is 5.65. The number of ketones is 1. The van der Waals surface area contributed by atoms with E-state index in [-0.39, 0.29) is 12.4 Å². The van der Waals surface area contributed by atoms with Gasteiger partial charge < -0.3 is 9.52 Å². The summed E-state index contributed by atoms with van der Waals surface area (Å²) in [6.45, 7) is 1.93. The molecule has 0 atom stereocenters. The second-order valence-electron chi connectivity index (χ2n) is 6.86. The second-order valence-corrected chi connectivity index (χ2v) is 6.86. The van der Waals surface area contributed by atoms with Crippen molar-refractivity contribution < 1.29 is 14.3 Å². The molecule has 0 fully saturated rings. The molecule has 6 rings (SSSR count). The van der Waals surface area contributed by atoms with Crippen molar-refractivity contribution >= 4 is 39.4 Å². The van der Waals surface area contributed by atoms with E-state index < -0.39 is 0 Å². The minimum absolute atomic E-state index is 0.110. The highest BCUT2D eigenvalue weighted by molar-refractivity contribution is 6.23. The van der Waals surface area contributed by atoms with Gasteiger partial charge in [0.05, 0.1) is 0 Å². The topological polar surface area (TPSA) is 50.4 Å². The largest absolute Gasteiger partial charge is 0.456 e. The predicted molar refractivity (Wildman–Crippen MR) is 123 cm³/mol. The average molecular weight is 394 g/mol. The van der Waals surface area contributed by atoms with Gasteiger partial charge in [0.1, 0.15) is 11.2 Å². The Morgan fingerprint density at radius 1 is 0.800 bits per heavy atom. The Hall–Kier alpha value is -3.69. The second kappa shape index (κ2) is 8.76. The summed E-state index contributed by atoms with van der Waals surface area (Å²) in [6, 6.07) is 24.3. The molecule has 0 spiro atoms. The molecule has 0 amide bonds. The summed E-state index contributed by atoms with van der Waals surface area (Å²) in [5, 5.41) is 9.95. The molecule has 3 nitrogen and oxygen atoms in total. The molecule has 0 aliphatic heterocycles. The van der Waals surface area contributed by atoms with E-state index in [1.54, 1.807) is 13.0 Å². The molecule has 148 valence electrons. The SMILES string of the molecule is CCO.O=C1C=CC=C2C1=Cc1ccccc12.c1ccc2c(c1)oc1ccccc12. The van der Waals surface area contributed by atoms with Crippen molar-refractivity contribution in [1.82, 2.24) is 0 Å². The Balaban J connectivity index is 0.000000129. The minimum Gasteiger partial charge on any atom is -0.456 e. The number of fused-ring (bicyclic) bond motifs is 6. The van der Waals surface area contributed by atoms with Gasteiger partial charge in [-0.25, -0.2) is 0 Å². The first-order valence-corrected chi connectivity index (χ1v) is 9.94. The van der Waals surface area contributed by atoms with Crippen molar-refractivity contribution in [1.29, 1.82) is 0 Å². The summed E-state index contributed by atoms with van der Waals surface area (Å²) >= 11 is 0. The molecule has 2 aliphatic rings. The first-order chi connectivity index (χ1) is 14.7. The maximum absolute atomic E-state index is 11.5. The summed E-state index contributed by atoms with van der Waals surface area (Å²) in [4.78, 5) is 11.5. The predicted octanol–water partition coefficient (Wildman–Crippen LogP) is 6.19. The lowest BCUT2D eigenvalue weighted by Crippen LogP contribution is -2.00. The maximum atomic E-state index is 11.5. The van der Waals surface area contributed by atoms with Gasteiger partial charge in [-0.05, 0) is 47.9 Å².